The fourth-order valence-corrected chi connectivity index (χ4v) is 5.33. The molecule has 3 atom stereocenters. The number of amides is 1. The molecule has 0 radical (unpaired) electrons. The van der Waals surface area contributed by atoms with Gasteiger partial charge in [0.25, 0.3) is 5.91 Å². The van der Waals surface area contributed by atoms with Crippen LogP contribution in [-0.2, 0) is 4.79 Å². The van der Waals surface area contributed by atoms with Crippen LogP contribution in [0.5, 0.6) is 11.5 Å². The lowest BCUT2D eigenvalue weighted by Gasteiger charge is -2.44. The number of nitrogens with one attached hydrogen (secondary N) is 1. The summed E-state index contributed by atoms with van der Waals surface area (Å²) in [7, 11) is 3.26. The Kier molecular flexibility index (Phi) is 5.90. The molecule has 1 N–H and O–H groups in total. The van der Waals surface area contributed by atoms with E-state index < -0.39 is 0 Å². The monoisotopic (exact) mass is 384 g/mol. The largest absolute Gasteiger partial charge is 0.493 e. The maximum Gasteiger partial charge on any atom is 0.254 e. The van der Waals surface area contributed by atoms with E-state index in [0.717, 1.165) is 37.1 Å². The Bertz CT molecular complexity index is 739. The molecule has 152 valence electrons. The second kappa shape index (κ2) is 8.56. The fraction of sp³-hybridized carbons (Fsp3) is 0.609. The number of ether oxygens (including phenoxy) is 2. The van der Waals surface area contributed by atoms with E-state index in [1.165, 1.54) is 32.1 Å². The van der Waals surface area contributed by atoms with Crippen LogP contribution in [0.3, 0.4) is 0 Å². The van der Waals surface area contributed by atoms with Crippen molar-refractivity contribution < 1.29 is 14.3 Å². The molecule has 1 aromatic carbocycles. The van der Waals surface area contributed by atoms with Crippen molar-refractivity contribution in [2.45, 2.75) is 57.0 Å². The molecule has 1 aromatic rings. The summed E-state index contributed by atoms with van der Waals surface area (Å²) in [5.74, 6) is 2.11. The highest BCUT2D eigenvalue weighted by molar-refractivity contribution is 6.20. The van der Waals surface area contributed by atoms with Crippen LogP contribution < -0.4 is 14.8 Å². The van der Waals surface area contributed by atoms with Crippen LogP contribution in [0.2, 0.25) is 0 Å². The quantitative estimate of drug-likeness (QED) is 0.842. The summed E-state index contributed by atoms with van der Waals surface area (Å²) in [6.45, 7) is 1.96. The van der Waals surface area contributed by atoms with E-state index in [4.69, 9.17) is 9.47 Å². The van der Waals surface area contributed by atoms with E-state index in [1.54, 1.807) is 14.2 Å². The maximum absolute atomic E-state index is 13.5. The van der Waals surface area contributed by atoms with Crippen molar-refractivity contribution in [3.8, 4) is 11.5 Å². The van der Waals surface area contributed by atoms with Gasteiger partial charge in [0.1, 0.15) is 0 Å². The first kappa shape index (κ1) is 19.3. The van der Waals surface area contributed by atoms with Gasteiger partial charge in [-0.1, -0.05) is 25.0 Å². The minimum Gasteiger partial charge on any atom is -0.493 e. The number of hydrogen-bond acceptors (Lipinski definition) is 4. The van der Waals surface area contributed by atoms with Gasteiger partial charge >= 0.3 is 0 Å². The van der Waals surface area contributed by atoms with Gasteiger partial charge in [0, 0.05) is 24.2 Å². The third-order valence-electron chi connectivity index (χ3n) is 6.70. The number of benzene rings is 1. The van der Waals surface area contributed by atoms with E-state index in [9.17, 15) is 4.79 Å². The zero-order valence-corrected chi connectivity index (χ0v) is 17.1. The average Bonchev–Trinajstić information content (AvgIpc) is 3.28. The molecule has 1 unspecified atom stereocenters. The summed E-state index contributed by atoms with van der Waals surface area (Å²) in [6, 6.07) is 6.70. The minimum atomic E-state index is 0.174. The van der Waals surface area contributed by atoms with Crippen molar-refractivity contribution in [3.63, 3.8) is 0 Å². The van der Waals surface area contributed by atoms with Crippen LogP contribution in [0.25, 0.3) is 5.57 Å². The Morgan fingerprint density at radius 2 is 1.86 bits per heavy atom. The lowest BCUT2D eigenvalue weighted by Crippen LogP contribution is -2.52. The van der Waals surface area contributed by atoms with Crippen molar-refractivity contribution in [1.82, 2.24) is 10.2 Å². The zero-order valence-electron chi connectivity index (χ0n) is 17.1. The highest BCUT2D eigenvalue weighted by Gasteiger charge is 2.39. The third kappa shape index (κ3) is 3.64. The highest BCUT2D eigenvalue weighted by Crippen LogP contribution is 2.37. The minimum absolute atomic E-state index is 0.174. The van der Waals surface area contributed by atoms with Gasteiger partial charge < -0.3 is 19.7 Å². The Labute approximate surface area is 168 Å². The topological polar surface area (TPSA) is 50.8 Å². The first-order valence-electron chi connectivity index (χ1n) is 10.7. The molecule has 1 saturated heterocycles. The second-order valence-corrected chi connectivity index (χ2v) is 8.19. The van der Waals surface area contributed by atoms with Crippen molar-refractivity contribution in [1.29, 1.82) is 0 Å². The lowest BCUT2D eigenvalue weighted by atomic mass is 9.77. The average molecular weight is 385 g/mol. The summed E-state index contributed by atoms with van der Waals surface area (Å²) in [6.07, 6.45) is 10.4. The molecular formula is C23H32N2O3. The predicted octanol–water partition coefficient (Wildman–Crippen LogP) is 3.63. The molecule has 0 aromatic heterocycles. The van der Waals surface area contributed by atoms with Crippen LogP contribution in [-0.4, -0.2) is 50.2 Å². The first-order valence-corrected chi connectivity index (χ1v) is 10.7. The summed E-state index contributed by atoms with van der Waals surface area (Å²) in [5.41, 5.74) is 1.72. The zero-order chi connectivity index (χ0) is 19.5. The molecule has 5 nitrogen and oxygen atoms in total. The van der Waals surface area contributed by atoms with Crippen molar-refractivity contribution in [3.05, 3.63) is 29.8 Å². The number of carbonyl (C=O) groups is 1. The van der Waals surface area contributed by atoms with E-state index >= 15 is 0 Å². The standard InChI is InChI=1S/C23H32N2O3/c1-27-21-12-11-16(15-22(21)28-2)17-8-6-14-25(23(17)26)20-10-4-3-7-18(20)19-9-5-13-24-19/h8,11-12,15,18-20,24H,3-7,9-10,13-14H2,1-2H3/t18-,19?,20+/m0/s1. The Morgan fingerprint density at radius 1 is 1.04 bits per heavy atom. The van der Waals surface area contributed by atoms with Crippen LogP contribution in [0.15, 0.2) is 24.3 Å². The summed E-state index contributed by atoms with van der Waals surface area (Å²) in [5, 5.41) is 3.70. The number of hydrogen-bond donors (Lipinski definition) is 1. The maximum atomic E-state index is 13.5. The Morgan fingerprint density at radius 3 is 2.61 bits per heavy atom. The number of nitrogens with zero attached hydrogens (tertiary/aromatic N) is 1. The number of carbonyl (C=O) groups excluding carboxylic acids is 1. The van der Waals surface area contributed by atoms with E-state index in [-0.39, 0.29) is 5.91 Å². The SMILES string of the molecule is COc1ccc(C2=CCCN([C@@H]3CCCC[C@H]3C3CCCN3)C2=O)cc1OC. The second-order valence-electron chi connectivity index (χ2n) is 8.19. The van der Waals surface area contributed by atoms with Crippen LogP contribution in [0.4, 0.5) is 0 Å². The molecule has 4 rings (SSSR count). The van der Waals surface area contributed by atoms with Gasteiger partial charge in [-0.15, -0.1) is 0 Å². The molecule has 3 aliphatic rings. The first-order chi connectivity index (χ1) is 13.7. The van der Waals surface area contributed by atoms with Crippen LogP contribution in [0.1, 0.15) is 50.5 Å². The molecule has 28 heavy (non-hydrogen) atoms. The molecule has 1 aliphatic carbocycles. The number of rotatable bonds is 5. The van der Waals surface area contributed by atoms with Crippen molar-refractivity contribution in [2.75, 3.05) is 27.3 Å². The van der Waals surface area contributed by atoms with Gasteiger partial charge in [0.15, 0.2) is 11.5 Å². The van der Waals surface area contributed by atoms with Crippen molar-refractivity contribution >= 4 is 11.5 Å². The molecular weight excluding hydrogens is 352 g/mol. The highest BCUT2D eigenvalue weighted by atomic mass is 16.5. The molecule has 2 fully saturated rings. The van der Waals surface area contributed by atoms with Gasteiger partial charge in [-0.2, -0.15) is 0 Å². The van der Waals surface area contributed by atoms with Gasteiger partial charge in [0.2, 0.25) is 0 Å². The normalized spacial score (nSPS) is 28.2. The van der Waals surface area contributed by atoms with Crippen LogP contribution in [0, 0.1) is 5.92 Å². The van der Waals surface area contributed by atoms with Gasteiger partial charge in [-0.3, -0.25) is 4.79 Å². The Balaban J connectivity index is 1.57. The summed E-state index contributed by atoms with van der Waals surface area (Å²) < 4.78 is 10.8. The smallest absolute Gasteiger partial charge is 0.254 e. The molecule has 1 saturated carbocycles. The van der Waals surface area contributed by atoms with Crippen molar-refractivity contribution in [2.24, 2.45) is 5.92 Å². The molecule has 2 aliphatic heterocycles. The fourth-order valence-electron chi connectivity index (χ4n) is 5.33. The van der Waals surface area contributed by atoms with E-state index in [2.05, 4.69) is 16.3 Å². The van der Waals surface area contributed by atoms with E-state index in [0.29, 0.717) is 29.5 Å². The third-order valence-corrected chi connectivity index (χ3v) is 6.70. The van der Waals surface area contributed by atoms with Gasteiger partial charge in [-0.25, -0.2) is 0 Å². The summed E-state index contributed by atoms with van der Waals surface area (Å²) in [4.78, 5) is 15.7. The molecule has 1 amide bonds. The molecule has 0 bridgehead atoms. The van der Waals surface area contributed by atoms with E-state index in [1.807, 2.05) is 18.2 Å². The van der Waals surface area contributed by atoms with Gasteiger partial charge in [-0.05, 0) is 62.3 Å². The molecule has 5 heteroatoms. The molecule has 2 heterocycles. The number of methoxy groups -OCH3 is 2. The lowest BCUT2D eigenvalue weighted by molar-refractivity contribution is -0.130. The Hall–Kier alpha value is -2.01. The van der Waals surface area contributed by atoms with Crippen LogP contribution >= 0.6 is 0 Å². The predicted molar refractivity (Wildman–Crippen MR) is 111 cm³/mol. The van der Waals surface area contributed by atoms with Gasteiger partial charge in [0.05, 0.1) is 14.2 Å². The summed E-state index contributed by atoms with van der Waals surface area (Å²) >= 11 is 0. The molecule has 0 spiro atoms.